The molecule has 0 amide bonds. The van der Waals surface area contributed by atoms with Crippen molar-refractivity contribution in [2.45, 2.75) is 45.4 Å². The molecule has 0 bridgehead atoms. The minimum atomic E-state index is 0.339. The van der Waals surface area contributed by atoms with Crippen LogP contribution in [-0.4, -0.2) is 5.78 Å². The van der Waals surface area contributed by atoms with E-state index >= 15 is 0 Å². The molecule has 1 saturated carbocycles. The minimum Gasteiger partial charge on any atom is -0.293 e. The zero-order valence-electron chi connectivity index (χ0n) is 9.59. The first-order valence-electron chi connectivity index (χ1n) is 5.96. The van der Waals surface area contributed by atoms with Crippen LogP contribution in [0.2, 0.25) is 0 Å². The van der Waals surface area contributed by atoms with Crippen molar-refractivity contribution in [1.29, 1.82) is 0 Å². The van der Waals surface area contributed by atoms with Gasteiger partial charge >= 0.3 is 0 Å². The number of Topliss-reactive ketones (excluding diaryl/α,β-unsaturated/α-hetero) is 1. The van der Waals surface area contributed by atoms with Gasteiger partial charge in [0.05, 0.1) is 4.88 Å². The lowest BCUT2D eigenvalue weighted by atomic mass is 9.85. The number of aryl methyl sites for hydroxylation is 1. The Kier molecular flexibility index (Phi) is 4.20. The van der Waals surface area contributed by atoms with Crippen LogP contribution in [0.1, 0.15) is 53.1 Å². The molecule has 1 heterocycles. The number of thiophene rings is 1. The Morgan fingerprint density at radius 3 is 2.69 bits per heavy atom. The first-order chi connectivity index (χ1) is 7.66. The van der Waals surface area contributed by atoms with Crippen LogP contribution in [0, 0.1) is 12.8 Å². The summed E-state index contributed by atoms with van der Waals surface area (Å²) < 4.78 is 1.07. The summed E-state index contributed by atoms with van der Waals surface area (Å²) in [6, 6.07) is 1.98. The van der Waals surface area contributed by atoms with Crippen LogP contribution in [0.15, 0.2) is 10.5 Å². The first-order valence-corrected chi connectivity index (χ1v) is 7.57. The predicted molar refractivity (Wildman–Crippen MR) is 72.3 cm³/mol. The van der Waals surface area contributed by atoms with Gasteiger partial charge in [0.15, 0.2) is 5.78 Å². The molecule has 16 heavy (non-hydrogen) atoms. The van der Waals surface area contributed by atoms with Gasteiger partial charge in [0.25, 0.3) is 0 Å². The number of halogens is 1. The minimum absolute atomic E-state index is 0.339. The van der Waals surface area contributed by atoms with Crippen LogP contribution in [0.3, 0.4) is 0 Å². The van der Waals surface area contributed by atoms with Crippen LogP contribution < -0.4 is 0 Å². The number of ketones is 1. The van der Waals surface area contributed by atoms with Gasteiger partial charge in [-0.1, -0.05) is 32.1 Å². The Morgan fingerprint density at radius 2 is 2.12 bits per heavy atom. The second kappa shape index (κ2) is 5.46. The second-order valence-electron chi connectivity index (χ2n) is 4.65. The lowest BCUT2D eigenvalue weighted by Gasteiger charge is -2.20. The SMILES string of the molecule is Cc1sc(C(=O)CC2CCCCC2)cc1Br. The van der Waals surface area contributed by atoms with E-state index in [-0.39, 0.29) is 0 Å². The smallest absolute Gasteiger partial charge is 0.173 e. The summed E-state index contributed by atoms with van der Waals surface area (Å²) in [7, 11) is 0. The highest BCUT2D eigenvalue weighted by Gasteiger charge is 2.19. The topological polar surface area (TPSA) is 17.1 Å². The zero-order valence-corrected chi connectivity index (χ0v) is 12.0. The maximum absolute atomic E-state index is 12.1. The fraction of sp³-hybridized carbons (Fsp3) is 0.615. The van der Waals surface area contributed by atoms with Crippen molar-refractivity contribution < 1.29 is 4.79 Å². The van der Waals surface area contributed by atoms with Crippen molar-refractivity contribution in [3.63, 3.8) is 0 Å². The first kappa shape index (κ1) is 12.3. The van der Waals surface area contributed by atoms with Crippen LogP contribution in [0.4, 0.5) is 0 Å². The molecule has 1 aliphatic rings. The number of rotatable bonds is 3. The fourth-order valence-corrected chi connectivity index (χ4v) is 3.83. The van der Waals surface area contributed by atoms with Gasteiger partial charge < -0.3 is 0 Å². The van der Waals surface area contributed by atoms with E-state index < -0.39 is 0 Å². The molecule has 1 aromatic rings. The molecule has 1 nitrogen and oxygen atoms in total. The van der Waals surface area contributed by atoms with Gasteiger partial charge in [-0.15, -0.1) is 11.3 Å². The van der Waals surface area contributed by atoms with E-state index in [1.54, 1.807) is 11.3 Å². The van der Waals surface area contributed by atoms with Gasteiger partial charge in [-0.3, -0.25) is 4.79 Å². The standard InChI is InChI=1S/C13H17BrOS/c1-9-11(14)8-13(16-9)12(15)7-10-5-3-2-4-6-10/h8,10H,2-7H2,1H3. The highest BCUT2D eigenvalue weighted by Crippen LogP contribution is 2.31. The zero-order chi connectivity index (χ0) is 11.5. The third-order valence-electron chi connectivity index (χ3n) is 3.33. The lowest BCUT2D eigenvalue weighted by Crippen LogP contribution is -2.11. The predicted octanol–water partition coefficient (Wildman–Crippen LogP) is 4.97. The summed E-state index contributed by atoms with van der Waals surface area (Å²) in [4.78, 5) is 14.2. The summed E-state index contributed by atoms with van der Waals surface area (Å²) in [6.45, 7) is 2.05. The van der Waals surface area contributed by atoms with Crippen molar-refractivity contribution in [3.8, 4) is 0 Å². The quantitative estimate of drug-likeness (QED) is 0.720. The number of hydrogen-bond donors (Lipinski definition) is 0. The Labute approximate surface area is 109 Å². The molecule has 1 aliphatic carbocycles. The third kappa shape index (κ3) is 2.95. The van der Waals surface area contributed by atoms with E-state index in [1.807, 2.05) is 13.0 Å². The van der Waals surface area contributed by atoms with Gasteiger partial charge in [-0.05, 0) is 34.8 Å². The number of carbonyl (C=O) groups is 1. The van der Waals surface area contributed by atoms with Crippen LogP contribution in [0.5, 0.6) is 0 Å². The van der Waals surface area contributed by atoms with E-state index in [0.717, 1.165) is 15.8 Å². The van der Waals surface area contributed by atoms with E-state index in [4.69, 9.17) is 0 Å². The molecule has 1 aromatic heterocycles. The monoisotopic (exact) mass is 300 g/mol. The molecule has 0 radical (unpaired) electrons. The molecule has 88 valence electrons. The molecule has 0 aromatic carbocycles. The molecule has 3 heteroatoms. The maximum atomic E-state index is 12.1. The average molecular weight is 301 g/mol. The number of hydrogen-bond acceptors (Lipinski definition) is 2. The van der Waals surface area contributed by atoms with E-state index in [2.05, 4.69) is 15.9 Å². The summed E-state index contributed by atoms with van der Waals surface area (Å²) in [5.74, 6) is 0.980. The van der Waals surface area contributed by atoms with Crippen molar-refractivity contribution in [3.05, 3.63) is 20.3 Å². The summed E-state index contributed by atoms with van der Waals surface area (Å²) >= 11 is 5.08. The Balaban J connectivity index is 1.96. The average Bonchev–Trinajstić information content (AvgIpc) is 2.61. The van der Waals surface area contributed by atoms with Crippen molar-refractivity contribution >= 4 is 33.0 Å². The second-order valence-corrected chi connectivity index (χ2v) is 6.76. The Bertz CT molecular complexity index is 358. The molecule has 2 rings (SSSR count). The van der Waals surface area contributed by atoms with Gasteiger partial charge in [-0.2, -0.15) is 0 Å². The Morgan fingerprint density at radius 1 is 1.44 bits per heavy atom. The van der Waals surface area contributed by atoms with E-state index in [0.29, 0.717) is 11.7 Å². The highest BCUT2D eigenvalue weighted by molar-refractivity contribution is 9.10. The fourth-order valence-electron chi connectivity index (χ4n) is 2.35. The molecule has 0 N–H and O–H groups in total. The highest BCUT2D eigenvalue weighted by atomic mass is 79.9. The summed E-state index contributed by atoms with van der Waals surface area (Å²) in [5.41, 5.74) is 0. The van der Waals surface area contributed by atoms with Crippen molar-refractivity contribution in [2.75, 3.05) is 0 Å². The van der Waals surface area contributed by atoms with Gasteiger partial charge in [0, 0.05) is 15.8 Å². The van der Waals surface area contributed by atoms with Crippen LogP contribution >= 0.6 is 27.3 Å². The van der Waals surface area contributed by atoms with E-state index in [9.17, 15) is 4.79 Å². The summed E-state index contributed by atoms with van der Waals surface area (Å²) in [6.07, 6.45) is 7.23. The molecule has 0 atom stereocenters. The van der Waals surface area contributed by atoms with Crippen molar-refractivity contribution in [1.82, 2.24) is 0 Å². The molecular formula is C13H17BrOS. The van der Waals surface area contributed by atoms with E-state index in [1.165, 1.54) is 37.0 Å². The number of carbonyl (C=O) groups excluding carboxylic acids is 1. The third-order valence-corrected chi connectivity index (χ3v) is 5.51. The van der Waals surface area contributed by atoms with Crippen molar-refractivity contribution in [2.24, 2.45) is 5.92 Å². The molecule has 0 spiro atoms. The van der Waals surface area contributed by atoms with Crippen LogP contribution in [0.25, 0.3) is 0 Å². The lowest BCUT2D eigenvalue weighted by molar-refractivity contribution is 0.0954. The molecule has 0 unspecified atom stereocenters. The van der Waals surface area contributed by atoms with Gasteiger partial charge in [-0.25, -0.2) is 0 Å². The van der Waals surface area contributed by atoms with Gasteiger partial charge in [0.1, 0.15) is 0 Å². The van der Waals surface area contributed by atoms with Crippen LogP contribution in [-0.2, 0) is 0 Å². The molecule has 1 fully saturated rings. The normalized spacial score (nSPS) is 17.6. The largest absolute Gasteiger partial charge is 0.293 e. The van der Waals surface area contributed by atoms with Gasteiger partial charge in [0.2, 0.25) is 0 Å². The molecule has 0 saturated heterocycles. The maximum Gasteiger partial charge on any atom is 0.173 e. The molecular weight excluding hydrogens is 284 g/mol. The molecule has 0 aliphatic heterocycles. The summed E-state index contributed by atoms with van der Waals surface area (Å²) in [5, 5.41) is 0. The Hall–Kier alpha value is -0.150.